The van der Waals surface area contributed by atoms with Crippen molar-refractivity contribution in [3.63, 3.8) is 0 Å². The van der Waals surface area contributed by atoms with E-state index >= 15 is 0 Å². The van der Waals surface area contributed by atoms with Gasteiger partial charge >= 0.3 is 0 Å². The van der Waals surface area contributed by atoms with Gasteiger partial charge in [0, 0.05) is 13.0 Å². The smallest absolute Gasteiger partial charge is 0.122 e. The first-order chi connectivity index (χ1) is 8.25. The van der Waals surface area contributed by atoms with Crippen molar-refractivity contribution in [2.45, 2.75) is 31.9 Å². The SMILES string of the molecule is CC1CCOC1C(N)c1ccc2c(c1)CCO2. The third-order valence-corrected chi connectivity index (χ3v) is 3.90. The van der Waals surface area contributed by atoms with Gasteiger partial charge in [-0.15, -0.1) is 0 Å². The molecule has 2 heterocycles. The fourth-order valence-corrected chi connectivity index (χ4v) is 2.78. The first kappa shape index (κ1) is 11.1. The molecule has 0 bridgehead atoms. The van der Waals surface area contributed by atoms with Gasteiger partial charge in [0.05, 0.1) is 18.8 Å². The summed E-state index contributed by atoms with van der Waals surface area (Å²) in [5.74, 6) is 1.57. The largest absolute Gasteiger partial charge is 0.493 e. The van der Waals surface area contributed by atoms with E-state index in [1.807, 2.05) is 6.07 Å². The monoisotopic (exact) mass is 233 g/mol. The van der Waals surface area contributed by atoms with Crippen molar-refractivity contribution < 1.29 is 9.47 Å². The highest BCUT2D eigenvalue weighted by Gasteiger charge is 2.31. The molecule has 3 heteroatoms. The summed E-state index contributed by atoms with van der Waals surface area (Å²) in [5, 5.41) is 0. The highest BCUT2D eigenvalue weighted by Crippen LogP contribution is 2.33. The lowest BCUT2D eigenvalue weighted by molar-refractivity contribution is 0.0725. The van der Waals surface area contributed by atoms with E-state index in [-0.39, 0.29) is 12.1 Å². The van der Waals surface area contributed by atoms with Crippen LogP contribution < -0.4 is 10.5 Å². The third-order valence-electron chi connectivity index (χ3n) is 3.90. The Hall–Kier alpha value is -1.06. The zero-order valence-electron chi connectivity index (χ0n) is 10.2. The van der Waals surface area contributed by atoms with Gasteiger partial charge < -0.3 is 15.2 Å². The molecule has 3 unspecified atom stereocenters. The Morgan fingerprint density at radius 3 is 3.00 bits per heavy atom. The molecule has 1 saturated heterocycles. The number of fused-ring (bicyclic) bond motifs is 1. The summed E-state index contributed by atoms with van der Waals surface area (Å²) >= 11 is 0. The summed E-state index contributed by atoms with van der Waals surface area (Å²) in [6.45, 7) is 3.85. The first-order valence-electron chi connectivity index (χ1n) is 6.38. The lowest BCUT2D eigenvalue weighted by Crippen LogP contribution is -2.29. The van der Waals surface area contributed by atoms with E-state index in [9.17, 15) is 0 Å². The van der Waals surface area contributed by atoms with Crippen LogP contribution in [0.15, 0.2) is 18.2 Å². The molecule has 2 aliphatic heterocycles. The van der Waals surface area contributed by atoms with Crippen LogP contribution in [0.2, 0.25) is 0 Å². The Kier molecular flexibility index (Phi) is 2.81. The second-order valence-corrected chi connectivity index (χ2v) is 5.09. The van der Waals surface area contributed by atoms with Crippen LogP contribution >= 0.6 is 0 Å². The summed E-state index contributed by atoms with van der Waals surface area (Å²) in [6.07, 6.45) is 2.28. The summed E-state index contributed by atoms with van der Waals surface area (Å²) in [6, 6.07) is 6.28. The minimum atomic E-state index is -0.0154. The van der Waals surface area contributed by atoms with E-state index < -0.39 is 0 Å². The molecule has 1 fully saturated rings. The van der Waals surface area contributed by atoms with Crippen LogP contribution in [0.25, 0.3) is 0 Å². The molecule has 2 aliphatic rings. The standard InChI is InChI=1S/C14H19NO2/c1-9-4-6-17-14(9)13(15)11-2-3-12-10(8-11)5-7-16-12/h2-3,8-9,13-14H,4-7,15H2,1H3. The van der Waals surface area contributed by atoms with E-state index in [0.717, 1.165) is 31.8 Å². The molecule has 0 amide bonds. The van der Waals surface area contributed by atoms with E-state index in [0.29, 0.717) is 5.92 Å². The highest BCUT2D eigenvalue weighted by atomic mass is 16.5. The number of hydrogen-bond donors (Lipinski definition) is 1. The molecule has 92 valence electrons. The molecule has 17 heavy (non-hydrogen) atoms. The molecule has 0 aliphatic carbocycles. The van der Waals surface area contributed by atoms with Gasteiger partial charge in [-0.05, 0) is 29.5 Å². The maximum Gasteiger partial charge on any atom is 0.122 e. The Labute approximate surface area is 102 Å². The molecular formula is C14H19NO2. The molecule has 3 atom stereocenters. The van der Waals surface area contributed by atoms with Crippen LogP contribution in [0.1, 0.15) is 30.5 Å². The van der Waals surface area contributed by atoms with E-state index in [2.05, 4.69) is 19.1 Å². The van der Waals surface area contributed by atoms with E-state index in [1.54, 1.807) is 0 Å². The van der Waals surface area contributed by atoms with Crippen molar-refractivity contribution in [3.8, 4) is 5.75 Å². The van der Waals surface area contributed by atoms with Crippen LogP contribution in [0.5, 0.6) is 5.75 Å². The van der Waals surface area contributed by atoms with Crippen LogP contribution in [-0.2, 0) is 11.2 Å². The highest BCUT2D eigenvalue weighted by molar-refractivity contribution is 5.41. The van der Waals surface area contributed by atoms with Crippen molar-refractivity contribution in [1.82, 2.24) is 0 Å². The van der Waals surface area contributed by atoms with E-state index in [1.165, 1.54) is 11.1 Å². The fraction of sp³-hybridized carbons (Fsp3) is 0.571. The van der Waals surface area contributed by atoms with Crippen LogP contribution in [0.3, 0.4) is 0 Å². The summed E-state index contributed by atoms with van der Waals surface area (Å²) in [7, 11) is 0. The number of benzene rings is 1. The predicted octanol–water partition coefficient (Wildman–Crippen LogP) is 2.05. The number of ether oxygens (including phenoxy) is 2. The summed E-state index contributed by atoms with van der Waals surface area (Å²) in [4.78, 5) is 0. The maximum atomic E-state index is 6.32. The van der Waals surface area contributed by atoms with Crippen LogP contribution in [-0.4, -0.2) is 19.3 Å². The topological polar surface area (TPSA) is 44.5 Å². The lowest BCUT2D eigenvalue weighted by atomic mass is 9.92. The maximum absolute atomic E-state index is 6.32. The predicted molar refractivity (Wildman–Crippen MR) is 66.1 cm³/mol. The zero-order valence-corrected chi connectivity index (χ0v) is 10.2. The zero-order chi connectivity index (χ0) is 11.8. The van der Waals surface area contributed by atoms with Crippen molar-refractivity contribution in [1.29, 1.82) is 0 Å². The minimum Gasteiger partial charge on any atom is -0.493 e. The lowest BCUT2D eigenvalue weighted by Gasteiger charge is -2.23. The second kappa shape index (κ2) is 4.31. The van der Waals surface area contributed by atoms with Crippen LogP contribution in [0, 0.1) is 5.92 Å². The summed E-state index contributed by atoms with van der Waals surface area (Å²) in [5.41, 5.74) is 8.77. The third kappa shape index (κ3) is 1.94. The second-order valence-electron chi connectivity index (χ2n) is 5.09. The average molecular weight is 233 g/mol. The minimum absolute atomic E-state index is 0.0154. The number of rotatable bonds is 2. The molecular weight excluding hydrogens is 214 g/mol. The average Bonchev–Trinajstić information content (AvgIpc) is 2.95. The van der Waals surface area contributed by atoms with Gasteiger partial charge in [0.15, 0.2) is 0 Å². The molecule has 0 spiro atoms. The van der Waals surface area contributed by atoms with Gasteiger partial charge in [-0.2, -0.15) is 0 Å². The first-order valence-corrected chi connectivity index (χ1v) is 6.38. The van der Waals surface area contributed by atoms with Gasteiger partial charge in [-0.1, -0.05) is 19.1 Å². The van der Waals surface area contributed by atoms with Crippen molar-refractivity contribution in [3.05, 3.63) is 29.3 Å². The van der Waals surface area contributed by atoms with Gasteiger partial charge in [-0.25, -0.2) is 0 Å². The Balaban J connectivity index is 1.83. The van der Waals surface area contributed by atoms with Gasteiger partial charge in [0.2, 0.25) is 0 Å². The molecule has 0 saturated carbocycles. The van der Waals surface area contributed by atoms with Gasteiger partial charge in [-0.3, -0.25) is 0 Å². The van der Waals surface area contributed by atoms with Crippen molar-refractivity contribution in [2.24, 2.45) is 11.7 Å². The summed E-state index contributed by atoms with van der Waals surface area (Å²) < 4.78 is 11.3. The molecule has 3 rings (SSSR count). The molecule has 0 aromatic heterocycles. The molecule has 1 aromatic rings. The quantitative estimate of drug-likeness (QED) is 0.850. The Bertz CT molecular complexity index is 419. The fourth-order valence-electron chi connectivity index (χ4n) is 2.78. The molecule has 3 nitrogen and oxygen atoms in total. The van der Waals surface area contributed by atoms with E-state index in [4.69, 9.17) is 15.2 Å². The molecule has 0 radical (unpaired) electrons. The molecule has 2 N–H and O–H groups in total. The van der Waals surface area contributed by atoms with Crippen LogP contribution in [0.4, 0.5) is 0 Å². The number of hydrogen-bond acceptors (Lipinski definition) is 3. The van der Waals surface area contributed by atoms with Crippen molar-refractivity contribution >= 4 is 0 Å². The normalized spacial score (nSPS) is 28.8. The number of nitrogens with two attached hydrogens (primary N) is 1. The van der Waals surface area contributed by atoms with Gasteiger partial charge in [0.25, 0.3) is 0 Å². The van der Waals surface area contributed by atoms with Gasteiger partial charge in [0.1, 0.15) is 5.75 Å². The molecule has 1 aromatic carbocycles. The Morgan fingerprint density at radius 2 is 2.24 bits per heavy atom. The van der Waals surface area contributed by atoms with Crippen molar-refractivity contribution in [2.75, 3.05) is 13.2 Å². The Morgan fingerprint density at radius 1 is 1.35 bits per heavy atom.